The standard InChI is InChI=1S/C19H20ClN3O3/c20-17-8-3-14(11-22-17)19(25)21-10-9-13-1-6-16(7-2-13)26-12-18(24)23-15-4-5-15/h1-3,6-8,11,15H,4-5,9-10,12H2,(H,21,25)(H,23,24). The summed E-state index contributed by atoms with van der Waals surface area (Å²) in [6.45, 7) is 0.534. The summed E-state index contributed by atoms with van der Waals surface area (Å²) in [5.74, 6) is 0.378. The van der Waals surface area contributed by atoms with Crippen molar-refractivity contribution in [1.82, 2.24) is 15.6 Å². The number of rotatable bonds is 8. The summed E-state index contributed by atoms with van der Waals surface area (Å²) in [5.41, 5.74) is 1.54. The molecule has 0 atom stereocenters. The molecule has 0 unspecified atom stereocenters. The monoisotopic (exact) mass is 373 g/mol. The number of nitrogens with one attached hydrogen (secondary N) is 2. The summed E-state index contributed by atoms with van der Waals surface area (Å²) in [4.78, 5) is 27.5. The molecule has 0 aliphatic heterocycles. The van der Waals surface area contributed by atoms with E-state index in [0.717, 1.165) is 18.4 Å². The van der Waals surface area contributed by atoms with Gasteiger partial charge in [0.2, 0.25) is 0 Å². The van der Waals surface area contributed by atoms with Gasteiger partial charge in [0.1, 0.15) is 10.9 Å². The molecule has 1 saturated carbocycles. The predicted octanol–water partition coefficient (Wildman–Crippen LogP) is 2.36. The number of pyridine rings is 1. The summed E-state index contributed by atoms with van der Waals surface area (Å²) >= 11 is 5.70. The number of aromatic nitrogens is 1. The van der Waals surface area contributed by atoms with Crippen LogP contribution in [0, 0.1) is 0 Å². The van der Waals surface area contributed by atoms with E-state index >= 15 is 0 Å². The van der Waals surface area contributed by atoms with Crippen LogP contribution in [-0.2, 0) is 11.2 Å². The van der Waals surface area contributed by atoms with Crippen LogP contribution < -0.4 is 15.4 Å². The number of amides is 2. The Morgan fingerprint density at radius 2 is 1.92 bits per heavy atom. The van der Waals surface area contributed by atoms with E-state index in [9.17, 15) is 9.59 Å². The molecule has 6 nitrogen and oxygen atoms in total. The van der Waals surface area contributed by atoms with E-state index in [0.29, 0.717) is 35.5 Å². The third-order valence-electron chi connectivity index (χ3n) is 3.92. The number of ether oxygens (including phenoxy) is 1. The molecule has 1 heterocycles. The fraction of sp³-hybridized carbons (Fsp3) is 0.316. The number of hydrogen-bond donors (Lipinski definition) is 2. The Hall–Kier alpha value is -2.60. The number of benzene rings is 1. The van der Waals surface area contributed by atoms with Gasteiger partial charge in [-0.25, -0.2) is 4.98 Å². The maximum Gasteiger partial charge on any atom is 0.258 e. The summed E-state index contributed by atoms with van der Waals surface area (Å²) in [7, 11) is 0. The van der Waals surface area contributed by atoms with Crippen molar-refractivity contribution in [2.45, 2.75) is 25.3 Å². The number of halogens is 1. The van der Waals surface area contributed by atoms with Crippen LogP contribution in [0.25, 0.3) is 0 Å². The molecule has 2 aromatic rings. The average Bonchev–Trinajstić information content (AvgIpc) is 3.45. The summed E-state index contributed by atoms with van der Waals surface area (Å²) < 4.78 is 5.46. The lowest BCUT2D eigenvalue weighted by molar-refractivity contribution is -0.123. The van der Waals surface area contributed by atoms with Crippen molar-refractivity contribution in [2.24, 2.45) is 0 Å². The van der Waals surface area contributed by atoms with Gasteiger partial charge in [0.25, 0.3) is 11.8 Å². The molecular weight excluding hydrogens is 354 g/mol. The summed E-state index contributed by atoms with van der Waals surface area (Å²) in [6, 6.07) is 11.0. The van der Waals surface area contributed by atoms with Crippen LogP contribution in [-0.4, -0.2) is 36.0 Å². The minimum atomic E-state index is -0.184. The van der Waals surface area contributed by atoms with Crippen molar-refractivity contribution in [3.63, 3.8) is 0 Å². The maximum absolute atomic E-state index is 12.0. The third-order valence-corrected chi connectivity index (χ3v) is 4.15. The van der Waals surface area contributed by atoms with Gasteiger partial charge in [-0.1, -0.05) is 23.7 Å². The van der Waals surface area contributed by atoms with Gasteiger partial charge in [-0.15, -0.1) is 0 Å². The third kappa shape index (κ3) is 5.74. The van der Waals surface area contributed by atoms with Crippen molar-refractivity contribution in [3.05, 3.63) is 58.9 Å². The lowest BCUT2D eigenvalue weighted by Gasteiger charge is -2.08. The highest BCUT2D eigenvalue weighted by molar-refractivity contribution is 6.29. The number of nitrogens with zero attached hydrogens (tertiary/aromatic N) is 1. The first-order valence-electron chi connectivity index (χ1n) is 8.51. The molecule has 0 spiro atoms. The molecule has 0 radical (unpaired) electrons. The molecule has 1 aliphatic carbocycles. The smallest absolute Gasteiger partial charge is 0.258 e. The Kier molecular flexibility index (Phi) is 6.07. The fourth-order valence-electron chi connectivity index (χ4n) is 2.33. The highest BCUT2D eigenvalue weighted by Gasteiger charge is 2.23. The second-order valence-corrected chi connectivity index (χ2v) is 6.54. The van der Waals surface area contributed by atoms with Crippen LogP contribution in [0.5, 0.6) is 5.75 Å². The van der Waals surface area contributed by atoms with Crippen LogP contribution in [0.2, 0.25) is 5.15 Å². The topological polar surface area (TPSA) is 80.3 Å². The SMILES string of the molecule is O=C(COc1ccc(CCNC(=O)c2ccc(Cl)nc2)cc1)NC1CC1. The lowest BCUT2D eigenvalue weighted by Crippen LogP contribution is -2.30. The Bertz CT molecular complexity index is 759. The lowest BCUT2D eigenvalue weighted by atomic mass is 10.1. The highest BCUT2D eigenvalue weighted by atomic mass is 35.5. The van der Waals surface area contributed by atoms with Crippen molar-refractivity contribution in [2.75, 3.05) is 13.2 Å². The minimum absolute atomic E-state index is 0.0288. The first-order valence-corrected chi connectivity index (χ1v) is 8.89. The van der Waals surface area contributed by atoms with Gasteiger partial charge in [-0.3, -0.25) is 9.59 Å². The Morgan fingerprint density at radius 3 is 2.58 bits per heavy atom. The number of carbonyl (C=O) groups excluding carboxylic acids is 2. The van der Waals surface area contributed by atoms with Crippen molar-refractivity contribution in [3.8, 4) is 5.75 Å². The first-order chi connectivity index (χ1) is 12.6. The molecular formula is C19H20ClN3O3. The average molecular weight is 374 g/mol. The second-order valence-electron chi connectivity index (χ2n) is 6.15. The Morgan fingerprint density at radius 1 is 1.15 bits per heavy atom. The van der Waals surface area contributed by atoms with Gasteiger partial charge < -0.3 is 15.4 Å². The van der Waals surface area contributed by atoms with Gasteiger partial charge in [-0.2, -0.15) is 0 Å². The summed E-state index contributed by atoms with van der Waals surface area (Å²) in [5, 5.41) is 6.07. The molecule has 0 saturated heterocycles. The van der Waals surface area contributed by atoms with Crippen LogP contribution in [0.3, 0.4) is 0 Å². The zero-order chi connectivity index (χ0) is 18.4. The van der Waals surface area contributed by atoms with E-state index in [4.69, 9.17) is 16.3 Å². The molecule has 0 bridgehead atoms. The van der Waals surface area contributed by atoms with E-state index < -0.39 is 0 Å². The molecule has 7 heteroatoms. The molecule has 1 aromatic carbocycles. The number of hydrogen-bond acceptors (Lipinski definition) is 4. The molecule has 2 N–H and O–H groups in total. The molecule has 1 fully saturated rings. The van der Waals surface area contributed by atoms with Gasteiger partial charge in [0, 0.05) is 18.8 Å². The van der Waals surface area contributed by atoms with E-state index in [-0.39, 0.29) is 18.4 Å². The maximum atomic E-state index is 12.0. The van der Waals surface area contributed by atoms with Gasteiger partial charge in [0.15, 0.2) is 6.61 Å². The van der Waals surface area contributed by atoms with E-state index in [1.807, 2.05) is 24.3 Å². The van der Waals surface area contributed by atoms with E-state index in [2.05, 4.69) is 15.6 Å². The highest BCUT2D eigenvalue weighted by Crippen LogP contribution is 2.18. The summed E-state index contributed by atoms with van der Waals surface area (Å²) in [6.07, 6.45) is 4.26. The van der Waals surface area contributed by atoms with Gasteiger partial charge in [0.05, 0.1) is 5.56 Å². The molecule has 1 aliphatic rings. The molecule has 2 amide bonds. The quantitative estimate of drug-likeness (QED) is 0.696. The fourth-order valence-corrected chi connectivity index (χ4v) is 2.44. The van der Waals surface area contributed by atoms with E-state index in [1.54, 1.807) is 12.1 Å². The van der Waals surface area contributed by atoms with Crippen molar-refractivity contribution in [1.29, 1.82) is 0 Å². The van der Waals surface area contributed by atoms with Crippen LogP contribution in [0.1, 0.15) is 28.8 Å². The Labute approximate surface area is 156 Å². The molecule has 136 valence electrons. The Balaban J connectivity index is 1.38. The molecule has 1 aromatic heterocycles. The van der Waals surface area contributed by atoms with Gasteiger partial charge >= 0.3 is 0 Å². The van der Waals surface area contributed by atoms with E-state index in [1.165, 1.54) is 6.20 Å². The number of carbonyl (C=O) groups is 2. The molecule has 26 heavy (non-hydrogen) atoms. The largest absolute Gasteiger partial charge is 0.484 e. The minimum Gasteiger partial charge on any atom is -0.484 e. The second kappa shape index (κ2) is 8.67. The van der Waals surface area contributed by atoms with Crippen molar-refractivity contribution >= 4 is 23.4 Å². The van der Waals surface area contributed by atoms with Crippen LogP contribution >= 0.6 is 11.6 Å². The molecule has 3 rings (SSSR count). The predicted molar refractivity (Wildman–Crippen MR) is 98.4 cm³/mol. The van der Waals surface area contributed by atoms with Crippen LogP contribution in [0.4, 0.5) is 0 Å². The normalized spacial score (nSPS) is 13.1. The zero-order valence-electron chi connectivity index (χ0n) is 14.2. The first kappa shape index (κ1) is 18.2. The van der Waals surface area contributed by atoms with Crippen molar-refractivity contribution < 1.29 is 14.3 Å². The zero-order valence-corrected chi connectivity index (χ0v) is 15.0. The van der Waals surface area contributed by atoms with Crippen LogP contribution in [0.15, 0.2) is 42.6 Å². The van der Waals surface area contributed by atoms with Gasteiger partial charge in [-0.05, 0) is 49.1 Å².